The van der Waals surface area contributed by atoms with Gasteiger partial charge in [-0.15, -0.1) is 0 Å². The van der Waals surface area contributed by atoms with E-state index in [9.17, 15) is 4.79 Å². The number of aromatic nitrogens is 1. The predicted molar refractivity (Wildman–Crippen MR) is 97.0 cm³/mol. The summed E-state index contributed by atoms with van der Waals surface area (Å²) in [7, 11) is 2.17. The Balaban J connectivity index is 1.49. The third-order valence-electron chi connectivity index (χ3n) is 5.86. The van der Waals surface area contributed by atoms with Crippen LogP contribution in [0.2, 0.25) is 0 Å². The fourth-order valence-electron chi connectivity index (χ4n) is 4.20. The van der Waals surface area contributed by atoms with Gasteiger partial charge in [0.25, 0.3) is 5.91 Å². The molecule has 3 fully saturated rings. The molecule has 1 amide bonds. The number of carbonyl (C=O) groups is 1. The monoisotopic (exact) mass is 344 g/mol. The van der Waals surface area contributed by atoms with Crippen LogP contribution in [0.4, 0.5) is 5.82 Å². The van der Waals surface area contributed by atoms with Gasteiger partial charge in [-0.05, 0) is 44.9 Å². The van der Waals surface area contributed by atoms with Gasteiger partial charge in [0.1, 0.15) is 5.82 Å². The van der Waals surface area contributed by atoms with Gasteiger partial charge in [-0.1, -0.05) is 0 Å². The molecule has 4 heterocycles. The number of piperidine rings is 1. The Kier molecular flexibility index (Phi) is 4.65. The summed E-state index contributed by atoms with van der Waals surface area (Å²) < 4.78 is 6.19. The smallest absolute Gasteiger partial charge is 0.254 e. The van der Waals surface area contributed by atoms with Crippen LogP contribution in [-0.4, -0.2) is 79.2 Å². The van der Waals surface area contributed by atoms with Gasteiger partial charge in [-0.2, -0.15) is 0 Å². The van der Waals surface area contributed by atoms with E-state index >= 15 is 0 Å². The van der Waals surface area contributed by atoms with Gasteiger partial charge in [0.15, 0.2) is 0 Å². The number of pyridine rings is 1. The van der Waals surface area contributed by atoms with Crippen LogP contribution < -0.4 is 4.90 Å². The molecule has 4 rings (SSSR count). The zero-order valence-electron chi connectivity index (χ0n) is 15.1. The summed E-state index contributed by atoms with van der Waals surface area (Å²) in [5, 5.41) is 0. The first kappa shape index (κ1) is 16.8. The Morgan fingerprint density at radius 2 is 1.92 bits per heavy atom. The van der Waals surface area contributed by atoms with E-state index in [4.69, 9.17) is 4.74 Å². The first-order valence-electron chi connectivity index (χ1n) is 9.48. The second-order valence-electron chi connectivity index (χ2n) is 7.66. The van der Waals surface area contributed by atoms with Gasteiger partial charge < -0.3 is 19.4 Å². The number of anilines is 1. The highest BCUT2D eigenvalue weighted by Crippen LogP contribution is 2.31. The minimum atomic E-state index is -0.0542. The highest BCUT2D eigenvalue weighted by Gasteiger charge is 2.39. The molecule has 136 valence electrons. The Morgan fingerprint density at radius 3 is 2.68 bits per heavy atom. The molecule has 1 aromatic heterocycles. The van der Waals surface area contributed by atoms with Crippen molar-refractivity contribution in [3.8, 4) is 0 Å². The minimum absolute atomic E-state index is 0.0542. The Bertz CT molecular complexity index is 622. The Hall–Kier alpha value is -1.66. The lowest BCUT2D eigenvalue weighted by atomic mass is 9.89. The lowest BCUT2D eigenvalue weighted by Crippen LogP contribution is -2.56. The minimum Gasteiger partial charge on any atom is -0.371 e. The van der Waals surface area contributed by atoms with Crippen LogP contribution in [0, 0.1) is 0 Å². The highest BCUT2D eigenvalue weighted by molar-refractivity contribution is 5.95. The number of likely N-dealkylation sites (tertiary alicyclic amines) is 2. The summed E-state index contributed by atoms with van der Waals surface area (Å²) in [6.45, 7) is 6.36. The summed E-state index contributed by atoms with van der Waals surface area (Å²) in [5.74, 6) is 1.05. The van der Waals surface area contributed by atoms with Crippen LogP contribution in [0.25, 0.3) is 0 Å². The molecule has 6 nitrogen and oxygen atoms in total. The second-order valence-corrected chi connectivity index (χ2v) is 7.66. The molecule has 6 heteroatoms. The van der Waals surface area contributed by atoms with Crippen molar-refractivity contribution in [2.24, 2.45) is 0 Å². The standard InChI is InChI=1S/C19H28N4O2/c1-21-10-5-19(6-11-21)15-23(12-13-25-19)17-14-16(4-7-20-17)18(24)22-8-2-3-9-22/h4,7,14H,2-3,5-6,8-13,15H2,1H3. The average Bonchev–Trinajstić information content (AvgIpc) is 3.19. The van der Waals surface area contributed by atoms with Crippen molar-refractivity contribution < 1.29 is 9.53 Å². The van der Waals surface area contributed by atoms with E-state index < -0.39 is 0 Å². The number of morpholine rings is 1. The molecule has 1 spiro atoms. The van der Waals surface area contributed by atoms with E-state index in [-0.39, 0.29) is 11.5 Å². The second kappa shape index (κ2) is 6.92. The lowest BCUT2D eigenvalue weighted by molar-refractivity contribution is -0.0884. The van der Waals surface area contributed by atoms with Gasteiger partial charge in [0, 0.05) is 51.0 Å². The van der Waals surface area contributed by atoms with Crippen molar-refractivity contribution in [3.05, 3.63) is 23.9 Å². The summed E-state index contributed by atoms with van der Waals surface area (Å²) in [5.41, 5.74) is 0.706. The zero-order valence-corrected chi connectivity index (χ0v) is 15.1. The van der Waals surface area contributed by atoms with Crippen LogP contribution >= 0.6 is 0 Å². The summed E-state index contributed by atoms with van der Waals surface area (Å²) in [6.07, 6.45) is 6.13. The number of carbonyl (C=O) groups excluding carboxylic acids is 1. The molecule has 0 bridgehead atoms. The zero-order chi connectivity index (χ0) is 17.3. The normalized spacial score (nSPS) is 24.0. The molecule has 1 aromatic rings. The molecule has 3 aliphatic rings. The van der Waals surface area contributed by atoms with E-state index in [1.165, 1.54) is 0 Å². The van der Waals surface area contributed by atoms with Crippen molar-refractivity contribution in [1.29, 1.82) is 0 Å². The van der Waals surface area contributed by atoms with E-state index in [2.05, 4.69) is 21.8 Å². The first-order valence-corrected chi connectivity index (χ1v) is 9.48. The van der Waals surface area contributed by atoms with Gasteiger partial charge in [-0.25, -0.2) is 4.98 Å². The molecular weight excluding hydrogens is 316 g/mol. The summed E-state index contributed by atoms with van der Waals surface area (Å²) in [4.78, 5) is 23.8. The van der Waals surface area contributed by atoms with Gasteiger partial charge >= 0.3 is 0 Å². The molecule has 0 radical (unpaired) electrons. The third-order valence-corrected chi connectivity index (χ3v) is 5.86. The number of hydrogen-bond donors (Lipinski definition) is 0. The van der Waals surface area contributed by atoms with Crippen LogP contribution in [-0.2, 0) is 4.74 Å². The van der Waals surface area contributed by atoms with E-state index in [0.717, 1.165) is 82.9 Å². The van der Waals surface area contributed by atoms with Crippen molar-refractivity contribution >= 4 is 11.7 Å². The molecule has 3 aliphatic heterocycles. The number of ether oxygens (including phenoxy) is 1. The lowest BCUT2D eigenvalue weighted by Gasteiger charge is -2.47. The largest absolute Gasteiger partial charge is 0.371 e. The van der Waals surface area contributed by atoms with E-state index in [1.54, 1.807) is 6.20 Å². The number of rotatable bonds is 2. The number of nitrogens with zero attached hydrogens (tertiary/aromatic N) is 4. The SMILES string of the molecule is CN1CCC2(CC1)CN(c1cc(C(=O)N3CCCC3)ccn1)CCO2. The van der Waals surface area contributed by atoms with Gasteiger partial charge in [0.2, 0.25) is 0 Å². The van der Waals surface area contributed by atoms with Crippen molar-refractivity contribution in [2.75, 3.05) is 57.8 Å². The van der Waals surface area contributed by atoms with Crippen LogP contribution in [0.1, 0.15) is 36.0 Å². The maximum atomic E-state index is 12.7. The van der Waals surface area contributed by atoms with E-state index in [1.807, 2.05) is 17.0 Å². The van der Waals surface area contributed by atoms with Crippen molar-refractivity contribution in [1.82, 2.24) is 14.8 Å². The third kappa shape index (κ3) is 3.51. The molecule has 25 heavy (non-hydrogen) atoms. The van der Waals surface area contributed by atoms with Gasteiger partial charge in [-0.3, -0.25) is 4.79 Å². The average molecular weight is 344 g/mol. The van der Waals surface area contributed by atoms with Crippen molar-refractivity contribution in [3.63, 3.8) is 0 Å². The van der Waals surface area contributed by atoms with Crippen LogP contribution in [0.15, 0.2) is 18.3 Å². The molecule has 3 saturated heterocycles. The van der Waals surface area contributed by atoms with Crippen molar-refractivity contribution in [2.45, 2.75) is 31.3 Å². The molecule has 0 aromatic carbocycles. The fraction of sp³-hybridized carbons (Fsp3) is 0.684. The maximum Gasteiger partial charge on any atom is 0.254 e. The summed E-state index contributed by atoms with van der Waals surface area (Å²) in [6, 6.07) is 3.81. The van der Waals surface area contributed by atoms with Crippen LogP contribution in [0.3, 0.4) is 0 Å². The molecule has 0 N–H and O–H groups in total. The Labute approximate surface area is 149 Å². The van der Waals surface area contributed by atoms with Crippen LogP contribution in [0.5, 0.6) is 0 Å². The molecule has 0 saturated carbocycles. The van der Waals surface area contributed by atoms with Gasteiger partial charge in [0.05, 0.1) is 12.2 Å². The molecular formula is C19H28N4O2. The van der Waals surface area contributed by atoms with E-state index in [0.29, 0.717) is 0 Å². The fourth-order valence-corrected chi connectivity index (χ4v) is 4.20. The molecule has 0 aliphatic carbocycles. The highest BCUT2D eigenvalue weighted by atomic mass is 16.5. The number of amides is 1. The topological polar surface area (TPSA) is 48.9 Å². The molecule has 0 atom stereocenters. The quantitative estimate of drug-likeness (QED) is 0.816. The predicted octanol–water partition coefficient (Wildman–Crippen LogP) is 1.62. The first-order chi connectivity index (χ1) is 12.2. The molecule has 0 unspecified atom stereocenters. The Morgan fingerprint density at radius 1 is 1.16 bits per heavy atom. The number of hydrogen-bond acceptors (Lipinski definition) is 5. The summed E-state index contributed by atoms with van der Waals surface area (Å²) >= 11 is 0. The maximum absolute atomic E-state index is 12.7.